The monoisotopic (exact) mass is 150 g/mol. The molecule has 0 spiro atoms. The first kappa shape index (κ1) is 5.14. The molecule has 0 N–H and O–H groups in total. The lowest BCUT2D eigenvalue weighted by atomic mass is 11.0. The van der Waals surface area contributed by atoms with Crippen LogP contribution in [-0.4, -0.2) is 9.59 Å². The molecule has 0 aromatic carbocycles. The smallest absolute Gasteiger partial charge is 0.0613 e. The van der Waals surface area contributed by atoms with E-state index >= 15 is 0 Å². The summed E-state index contributed by atoms with van der Waals surface area (Å²) in [6, 6.07) is 0. The van der Waals surface area contributed by atoms with Gasteiger partial charge in [-0.25, -0.2) is 0 Å². The average molecular weight is 150 g/mol. The summed E-state index contributed by atoms with van der Waals surface area (Å²) in [7, 11) is 4.62. The number of nitrogens with zero attached hydrogens (tertiary/aromatic N) is 2. The van der Waals surface area contributed by atoms with Crippen LogP contribution in [0.4, 0.5) is 0 Å². The maximum atomic E-state index is 3.67. The molecule has 1 rings (SSSR count). The maximum Gasteiger partial charge on any atom is 0.0613 e. The molecule has 0 unspecified atom stereocenters. The zero-order chi connectivity index (χ0) is 4.95. The van der Waals surface area contributed by atoms with Crippen molar-refractivity contribution >= 4 is 30.2 Å². The lowest BCUT2D eigenvalue weighted by Crippen LogP contribution is -1.57. The Kier molecular flexibility index (Phi) is 2.25. The molecule has 0 saturated carbocycles. The summed E-state index contributed by atoms with van der Waals surface area (Å²) in [6.07, 6.45) is 1.68. The van der Waals surface area contributed by atoms with Gasteiger partial charge in [0.1, 0.15) is 0 Å². The van der Waals surface area contributed by atoms with Crippen LogP contribution >= 0.6 is 30.2 Å². The third-order valence-corrected chi connectivity index (χ3v) is 3.07. The fraction of sp³-hybridized carbons (Fsp3) is 0. The molecule has 0 amide bonds. The van der Waals surface area contributed by atoms with Crippen molar-refractivity contribution in [2.24, 2.45) is 0 Å². The van der Waals surface area contributed by atoms with Crippen LogP contribution in [0.5, 0.6) is 0 Å². The van der Waals surface area contributed by atoms with Gasteiger partial charge in [-0.05, 0) is 9.34 Å². The highest BCUT2D eigenvalue weighted by molar-refractivity contribution is 7.92. The van der Waals surface area contributed by atoms with Crippen molar-refractivity contribution in [3.63, 3.8) is 0 Å². The van der Waals surface area contributed by atoms with E-state index in [-0.39, 0.29) is 0 Å². The lowest BCUT2D eigenvalue weighted by molar-refractivity contribution is 1.14. The SMILES string of the molecule is c1csssnn1. The quantitative estimate of drug-likeness (QED) is 0.527. The van der Waals surface area contributed by atoms with Crippen molar-refractivity contribution < 1.29 is 0 Å². The Morgan fingerprint density at radius 1 is 1.43 bits per heavy atom. The van der Waals surface area contributed by atoms with Gasteiger partial charge in [-0.2, -0.15) is 0 Å². The maximum absolute atomic E-state index is 3.67. The van der Waals surface area contributed by atoms with Gasteiger partial charge in [-0.15, -0.1) is 5.10 Å². The first-order chi connectivity index (χ1) is 3.50. The minimum Gasteiger partial charge on any atom is -0.146 e. The molecule has 2 nitrogen and oxygen atoms in total. The Balaban J connectivity index is 3.06. The summed E-state index contributed by atoms with van der Waals surface area (Å²) in [5, 5.41) is 5.53. The molecule has 5 heteroatoms. The number of aromatic nitrogens is 2. The van der Waals surface area contributed by atoms with E-state index in [2.05, 4.69) is 9.59 Å². The first-order valence-electron chi connectivity index (χ1n) is 1.54. The standard InChI is InChI=1S/C2H2N2S3/c1-2-5-7-6-4-3-1/h1-2H. The second kappa shape index (κ2) is 3.06. The second-order valence-electron chi connectivity index (χ2n) is 0.721. The van der Waals surface area contributed by atoms with Crippen LogP contribution in [0.15, 0.2) is 11.6 Å². The Bertz CT molecular complexity index is 98.9. The third-order valence-electron chi connectivity index (χ3n) is 0.333. The van der Waals surface area contributed by atoms with Gasteiger partial charge in [0.15, 0.2) is 0 Å². The van der Waals surface area contributed by atoms with Crippen molar-refractivity contribution in [3.8, 4) is 0 Å². The van der Waals surface area contributed by atoms with Crippen LogP contribution in [0.1, 0.15) is 0 Å². The van der Waals surface area contributed by atoms with Gasteiger partial charge in [-0.1, -0.05) is 14.8 Å². The van der Waals surface area contributed by atoms with Gasteiger partial charge in [0.25, 0.3) is 0 Å². The van der Waals surface area contributed by atoms with Gasteiger partial charge in [0.05, 0.1) is 16.7 Å². The van der Waals surface area contributed by atoms with Crippen LogP contribution in [0, 0.1) is 0 Å². The molecular weight excluding hydrogens is 148 g/mol. The minimum absolute atomic E-state index is 1.39. The molecule has 1 aromatic rings. The zero-order valence-electron chi connectivity index (χ0n) is 3.27. The summed E-state index contributed by atoms with van der Waals surface area (Å²) >= 11 is 0. The highest BCUT2D eigenvalue weighted by Crippen LogP contribution is 2.02. The van der Waals surface area contributed by atoms with E-state index in [0.717, 1.165) is 0 Å². The zero-order valence-corrected chi connectivity index (χ0v) is 5.72. The molecular formula is C2H2N2S3. The van der Waals surface area contributed by atoms with E-state index in [4.69, 9.17) is 0 Å². The molecule has 7 heavy (non-hydrogen) atoms. The van der Waals surface area contributed by atoms with Gasteiger partial charge in [-0.3, -0.25) is 0 Å². The van der Waals surface area contributed by atoms with E-state index in [1.165, 1.54) is 10.5 Å². The fourth-order valence-corrected chi connectivity index (χ4v) is 2.01. The topological polar surface area (TPSA) is 25.8 Å². The van der Waals surface area contributed by atoms with Crippen LogP contribution in [0.2, 0.25) is 0 Å². The Labute approximate surface area is 51.7 Å². The van der Waals surface area contributed by atoms with E-state index in [9.17, 15) is 0 Å². The normalized spacial score (nSPS) is 8.00. The van der Waals surface area contributed by atoms with Crippen molar-refractivity contribution in [2.45, 2.75) is 0 Å². The summed E-state index contributed by atoms with van der Waals surface area (Å²) < 4.78 is 3.67. The Morgan fingerprint density at radius 3 is 3.43 bits per heavy atom. The van der Waals surface area contributed by atoms with Crippen LogP contribution < -0.4 is 0 Å². The highest BCUT2D eigenvalue weighted by atomic mass is 33.2. The summed E-state index contributed by atoms with van der Waals surface area (Å²) in [5.41, 5.74) is 0. The second-order valence-corrected chi connectivity index (χ2v) is 4.29. The predicted molar refractivity (Wildman–Crippen MR) is 33.3 cm³/mol. The number of hydrogen-bond acceptors (Lipinski definition) is 5. The van der Waals surface area contributed by atoms with Gasteiger partial charge >= 0.3 is 0 Å². The van der Waals surface area contributed by atoms with Crippen molar-refractivity contribution in [1.29, 1.82) is 0 Å². The Hall–Kier alpha value is 0. The summed E-state index contributed by atoms with van der Waals surface area (Å²) in [5.74, 6) is 0. The fourth-order valence-electron chi connectivity index (χ4n) is 0.152. The molecule has 38 valence electrons. The number of rotatable bonds is 0. The van der Waals surface area contributed by atoms with Gasteiger partial charge in [0.2, 0.25) is 0 Å². The van der Waals surface area contributed by atoms with E-state index < -0.39 is 0 Å². The van der Waals surface area contributed by atoms with E-state index in [1.807, 2.05) is 5.38 Å². The van der Waals surface area contributed by atoms with Crippen molar-refractivity contribution in [1.82, 2.24) is 9.59 Å². The van der Waals surface area contributed by atoms with E-state index in [0.29, 0.717) is 0 Å². The Morgan fingerprint density at radius 2 is 2.43 bits per heavy atom. The van der Waals surface area contributed by atoms with Gasteiger partial charge < -0.3 is 0 Å². The molecule has 0 fully saturated rings. The number of hydrogen-bond donors (Lipinski definition) is 0. The summed E-state index contributed by atoms with van der Waals surface area (Å²) in [6.45, 7) is 0. The average Bonchev–Trinajstić information content (AvgIpc) is 1.90. The summed E-state index contributed by atoms with van der Waals surface area (Å²) in [4.78, 5) is 0. The molecule has 0 aliphatic carbocycles. The predicted octanol–water partition coefficient (Wildman–Crippen LogP) is 1.79. The third kappa shape index (κ3) is 1.96. The largest absolute Gasteiger partial charge is 0.146 e. The van der Waals surface area contributed by atoms with Crippen LogP contribution in [0.25, 0.3) is 0 Å². The van der Waals surface area contributed by atoms with Gasteiger partial charge in [0, 0.05) is 5.38 Å². The molecule has 0 radical (unpaired) electrons. The van der Waals surface area contributed by atoms with Crippen LogP contribution in [0.3, 0.4) is 0 Å². The molecule has 0 aliphatic heterocycles. The van der Waals surface area contributed by atoms with Crippen molar-refractivity contribution in [2.75, 3.05) is 0 Å². The lowest BCUT2D eigenvalue weighted by Gasteiger charge is -1.52. The molecule has 0 atom stereocenters. The van der Waals surface area contributed by atoms with Crippen molar-refractivity contribution in [3.05, 3.63) is 11.6 Å². The molecule has 0 bridgehead atoms. The molecule has 0 aliphatic rings. The highest BCUT2D eigenvalue weighted by Gasteiger charge is 1.62. The van der Waals surface area contributed by atoms with Crippen LogP contribution in [-0.2, 0) is 0 Å². The molecule has 1 heterocycles. The first-order valence-corrected chi connectivity index (χ1v) is 5.05. The van der Waals surface area contributed by atoms with E-state index in [1.54, 1.807) is 25.9 Å². The minimum atomic E-state index is 1.39. The molecule has 0 saturated heterocycles. The molecule has 1 aromatic heterocycles.